The molecule has 2 aromatic rings. The average molecular weight is 382 g/mol. The van der Waals surface area contributed by atoms with E-state index in [4.69, 9.17) is 15.6 Å². The number of hydrogen-bond donors (Lipinski definition) is 4. The third-order valence-corrected chi connectivity index (χ3v) is 4.13. The molecule has 140 valence electrons. The summed E-state index contributed by atoms with van der Waals surface area (Å²) in [5.74, 6) is -1.36. The van der Waals surface area contributed by atoms with Gasteiger partial charge in [0.1, 0.15) is 22.5 Å². The number of nitrogens with two attached hydrogens (primary N) is 1. The van der Waals surface area contributed by atoms with Crippen molar-refractivity contribution in [3.63, 3.8) is 0 Å². The average Bonchev–Trinajstić information content (AvgIpc) is 2.97. The van der Waals surface area contributed by atoms with Gasteiger partial charge in [0.05, 0.1) is 0 Å². The lowest BCUT2D eigenvalue weighted by molar-refractivity contribution is 0.0994. The van der Waals surface area contributed by atoms with E-state index in [2.05, 4.69) is 15.0 Å². The first-order valence-electron chi connectivity index (χ1n) is 7.80. The molecule has 0 spiro atoms. The van der Waals surface area contributed by atoms with Crippen molar-refractivity contribution < 1.29 is 23.8 Å². The molecular weight excluding hydrogens is 363 g/mol. The highest BCUT2D eigenvalue weighted by Gasteiger charge is 2.24. The molecule has 0 saturated heterocycles. The fourth-order valence-electron chi connectivity index (χ4n) is 2.12. The second-order valence-electron chi connectivity index (χ2n) is 5.30. The molecule has 1 aromatic heterocycles. The van der Waals surface area contributed by atoms with Gasteiger partial charge >= 0.3 is 6.03 Å². The number of urea groups is 1. The van der Waals surface area contributed by atoms with Crippen LogP contribution in [0.3, 0.4) is 0 Å². The molecule has 0 saturated carbocycles. The van der Waals surface area contributed by atoms with Crippen molar-refractivity contribution >= 4 is 28.5 Å². The van der Waals surface area contributed by atoms with Crippen LogP contribution in [0.15, 0.2) is 24.3 Å². The van der Waals surface area contributed by atoms with Gasteiger partial charge in [0, 0.05) is 18.7 Å². The number of primary amides is 1. The van der Waals surface area contributed by atoms with Gasteiger partial charge < -0.3 is 20.9 Å². The summed E-state index contributed by atoms with van der Waals surface area (Å²) >= 11 is 0.823. The monoisotopic (exact) mass is 382 g/mol. The molecule has 26 heavy (non-hydrogen) atoms. The molecule has 0 bridgehead atoms. The van der Waals surface area contributed by atoms with Crippen molar-refractivity contribution in [3.05, 3.63) is 41.2 Å². The molecule has 1 aromatic carbocycles. The Morgan fingerprint density at radius 3 is 2.81 bits per heavy atom. The number of hydrogen-bond acceptors (Lipinski definition) is 6. The Balaban J connectivity index is 2.15. The minimum absolute atomic E-state index is 0.0563. The third-order valence-electron chi connectivity index (χ3n) is 3.39. The number of aliphatic hydroxyl groups is 1. The first-order valence-corrected chi connectivity index (χ1v) is 8.57. The molecule has 0 radical (unpaired) electrons. The second kappa shape index (κ2) is 9.11. The SMILES string of the molecule is CC(Oc1nsc(NC(=O)NCCCO)c1C(N)=O)c1ccccc1F. The van der Waals surface area contributed by atoms with Gasteiger partial charge in [-0.1, -0.05) is 18.2 Å². The van der Waals surface area contributed by atoms with E-state index in [-0.39, 0.29) is 29.6 Å². The maximum atomic E-state index is 13.9. The number of halogens is 1. The normalized spacial score (nSPS) is 11.7. The summed E-state index contributed by atoms with van der Waals surface area (Å²) in [4.78, 5) is 23.6. The Morgan fingerprint density at radius 1 is 1.42 bits per heavy atom. The van der Waals surface area contributed by atoms with Crippen LogP contribution >= 0.6 is 11.5 Å². The zero-order valence-corrected chi connectivity index (χ0v) is 14.8. The van der Waals surface area contributed by atoms with Crippen LogP contribution in [0.5, 0.6) is 5.88 Å². The molecule has 1 unspecified atom stereocenters. The quantitative estimate of drug-likeness (QED) is 0.520. The Bertz CT molecular complexity index is 783. The molecule has 10 heteroatoms. The van der Waals surface area contributed by atoms with Gasteiger partial charge in [-0.15, -0.1) is 0 Å². The van der Waals surface area contributed by atoms with Crippen LogP contribution in [0.1, 0.15) is 35.4 Å². The van der Waals surface area contributed by atoms with E-state index in [1.807, 2.05) is 0 Å². The summed E-state index contributed by atoms with van der Waals surface area (Å²) in [6.07, 6.45) is -0.324. The number of carbonyl (C=O) groups excluding carboxylic acids is 2. The molecule has 5 N–H and O–H groups in total. The van der Waals surface area contributed by atoms with E-state index in [1.165, 1.54) is 6.07 Å². The molecule has 0 aliphatic heterocycles. The standard InChI is InChI=1S/C16H19FN4O4S/c1-9(10-5-2-3-6-11(10)17)25-14-12(13(18)23)15(26-21-14)20-16(24)19-7-4-8-22/h2-3,5-6,9,22H,4,7-8H2,1H3,(H2,18,23)(H2,19,20,24). The minimum Gasteiger partial charge on any atom is -0.468 e. The summed E-state index contributed by atoms with van der Waals surface area (Å²) in [5, 5.41) is 13.8. The number of anilines is 1. The topological polar surface area (TPSA) is 127 Å². The molecule has 1 heterocycles. The molecule has 0 fully saturated rings. The molecule has 1 atom stereocenters. The molecular formula is C16H19FN4O4S. The summed E-state index contributed by atoms with van der Waals surface area (Å²) in [6.45, 7) is 1.82. The highest BCUT2D eigenvalue weighted by molar-refractivity contribution is 7.11. The van der Waals surface area contributed by atoms with Gasteiger partial charge in [-0.25, -0.2) is 9.18 Å². The maximum Gasteiger partial charge on any atom is 0.319 e. The Morgan fingerprint density at radius 2 is 2.15 bits per heavy atom. The lowest BCUT2D eigenvalue weighted by atomic mass is 10.1. The number of nitrogens with zero attached hydrogens (tertiary/aromatic N) is 1. The Labute approximate surface area is 153 Å². The summed E-state index contributed by atoms with van der Waals surface area (Å²) in [7, 11) is 0. The highest BCUT2D eigenvalue weighted by Crippen LogP contribution is 2.33. The second-order valence-corrected chi connectivity index (χ2v) is 6.07. The van der Waals surface area contributed by atoms with E-state index >= 15 is 0 Å². The first kappa shape index (κ1) is 19.6. The van der Waals surface area contributed by atoms with Gasteiger partial charge in [0.15, 0.2) is 0 Å². The van der Waals surface area contributed by atoms with Crippen molar-refractivity contribution in [1.29, 1.82) is 0 Å². The maximum absolute atomic E-state index is 13.9. The van der Waals surface area contributed by atoms with Crippen molar-refractivity contribution in [1.82, 2.24) is 9.69 Å². The van der Waals surface area contributed by atoms with E-state index in [0.29, 0.717) is 12.0 Å². The number of ether oxygens (including phenoxy) is 1. The van der Waals surface area contributed by atoms with Crippen LogP contribution in [-0.2, 0) is 0 Å². The molecule has 0 aliphatic rings. The zero-order chi connectivity index (χ0) is 19.1. The summed E-state index contributed by atoms with van der Waals surface area (Å²) < 4.78 is 23.4. The smallest absolute Gasteiger partial charge is 0.319 e. The Kier molecular flexibility index (Phi) is 6.87. The van der Waals surface area contributed by atoms with E-state index < -0.39 is 23.9 Å². The largest absolute Gasteiger partial charge is 0.468 e. The first-order chi connectivity index (χ1) is 12.4. The number of aromatic nitrogens is 1. The van der Waals surface area contributed by atoms with E-state index in [0.717, 1.165) is 11.5 Å². The lowest BCUT2D eigenvalue weighted by Gasteiger charge is -2.14. The number of carbonyl (C=O) groups is 2. The lowest BCUT2D eigenvalue weighted by Crippen LogP contribution is -2.30. The van der Waals surface area contributed by atoms with Crippen LogP contribution in [0.4, 0.5) is 14.2 Å². The van der Waals surface area contributed by atoms with Gasteiger partial charge in [0.25, 0.3) is 5.91 Å². The van der Waals surface area contributed by atoms with E-state index in [1.54, 1.807) is 25.1 Å². The third kappa shape index (κ3) is 4.90. The fourth-order valence-corrected chi connectivity index (χ4v) is 2.85. The van der Waals surface area contributed by atoms with Crippen molar-refractivity contribution in [2.24, 2.45) is 5.73 Å². The molecule has 2 rings (SSSR count). The number of amides is 3. The van der Waals surface area contributed by atoms with Crippen LogP contribution < -0.4 is 21.1 Å². The van der Waals surface area contributed by atoms with E-state index in [9.17, 15) is 14.0 Å². The number of benzene rings is 1. The summed E-state index contributed by atoms with van der Waals surface area (Å²) in [6, 6.07) is 5.51. The van der Waals surface area contributed by atoms with Gasteiger partial charge in [0.2, 0.25) is 5.88 Å². The van der Waals surface area contributed by atoms with Gasteiger partial charge in [-0.2, -0.15) is 4.37 Å². The predicted molar refractivity (Wildman–Crippen MR) is 94.8 cm³/mol. The fraction of sp³-hybridized carbons (Fsp3) is 0.312. The van der Waals surface area contributed by atoms with Crippen LogP contribution in [0.2, 0.25) is 0 Å². The molecule has 3 amide bonds. The highest BCUT2D eigenvalue weighted by atomic mass is 32.1. The van der Waals surface area contributed by atoms with Crippen LogP contribution in [-0.4, -0.2) is 34.6 Å². The van der Waals surface area contributed by atoms with Crippen molar-refractivity contribution in [2.75, 3.05) is 18.5 Å². The van der Waals surface area contributed by atoms with Crippen LogP contribution in [0.25, 0.3) is 0 Å². The Hall–Kier alpha value is -2.72. The predicted octanol–water partition coefficient (Wildman–Crippen LogP) is 2.02. The molecule has 8 nitrogen and oxygen atoms in total. The van der Waals surface area contributed by atoms with Gasteiger partial charge in [-0.05, 0) is 30.9 Å². The number of aliphatic hydroxyl groups excluding tert-OH is 1. The van der Waals surface area contributed by atoms with Crippen LogP contribution in [0, 0.1) is 5.82 Å². The molecule has 0 aliphatic carbocycles. The minimum atomic E-state index is -0.833. The number of rotatable bonds is 8. The van der Waals surface area contributed by atoms with Crippen molar-refractivity contribution in [2.45, 2.75) is 19.4 Å². The van der Waals surface area contributed by atoms with Crippen molar-refractivity contribution in [3.8, 4) is 5.88 Å². The summed E-state index contributed by atoms with van der Waals surface area (Å²) in [5.41, 5.74) is 5.58. The number of nitrogens with one attached hydrogen (secondary N) is 2. The van der Waals surface area contributed by atoms with Gasteiger partial charge in [-0.3, -0.25) is 10.1 Å². The zero-order valence-electron chi connectivity index (χ0n) is 14.0.